The summed E-state index contributed by atoms with van der Waals surface area (Å²) in [5.41, 5.74) is 0.256. The van der Waals surface area contributed by atoms with E-state index in [1.165, 1.54) is 6.08 Å². The first-order chi connectivity index (χ1) is 22.9. The molecule has 0 spiro atoms. The van der Waals surface area contributed by atoms with E-state index in [1.54, 1.807) is 57.2 Å². The Bertz CT molecular complexity index is 1400. The molecule has 0 unspecified atom stereocenters. The summed E-state index contributed by atoms with van der Waals surface area (Å²) in [4.78, 5) is 66.4. The second kappa shape index (κ2) is 18.9. The number of benzene rings is 2. The molecule has 1 N–H and O–H groups in total. The van der Waals surface area contributed by atoms with Crippen LogP contribution < -0.4 is 10.1 Å². The van der Waals surface area contributed by atoms with Crippen molar-refractivity contribution in [1.82, 2.24) is 5.32 Å². The predicted molar refractivity (Wildman–Crippen MR) is 186 cm³/mol. The largest absolute Gasteiger partial charge is 0.488 e. The van der Waals surface area contributed by atoms with Gasteiger partial charge in [-0.05, 0) is 77.1 Å². The van der Waals surface area contributed by atoms with Gasteiger partial charge < -0.3 is 24.3 Å². The molecule has 0 saturated carbocycles. The van der Waals surface area contributed by atoms with Crippen molar-refractivity contribution in [2.75, 3.05) is 6.61 Å². The van der Waals surface area contributed by atoms with Gasteiger partial charge in [-0.25, -0.2) is 0 Å². The van der Waals surface area contributed by atoms with E-state index in [-0.39, 0.29) is 32.0 Å². The van der Waals surface area contributed by atoms with Gasteiger partial charge in [-0.15, -0.1) is 0 Å². The molecule has 2 rings (SSSR count). The molecule has 10 heteroatoms. The second-order valence-corrected chi connectivity index (χ2v) is 14.4. The molecule has 49 heavy (non-hydrogen) atoms. The average Bonchev–Trinajstić information content (AvgIpc) is 3.00. The minimum atomic E-state index is -1.19. The molecule has 0 aliphatic rings. The summed E-state index contributed by atoms with van der Waals surface area (Å²) in [5, 5.41) is 2.79. The third kappa shape index (κ3) is 16.0. The van der Waals surface area contributed by atoms with Crippen molar-refractivity contribution in [3.8, 4) is 5.75 Å². The standard InChI is InChI=1S/C39H53NO9/c1-10-20-46-37(45)31(26(2)3)24-33(41)32(21-27-16-18-30(19-17-27)48-38(4,5)6)40-36(44)29(23-35(43)49-39(7,8)9)22-34(42)47-25-28-14-12-11-13-15-28/h10-19,26,29,31-32H,1,20-25H2,2-9H3,(H,40,44)/t29-,31-,32-/m0/s1. The Morgan fingerprint density at radius 1 is 0.776 bits per heavy atom. The van der Waals surface area contributed by atoms with Crippen molar-refractivity contribution < 1.29 is 42.9 Å². The van der Waals surface area contributed by atoms with Crippen LogP contribution in [0.1, 0.15) is 85.8 Å². The number of carbonyl (C=O) groups is 5. The minimum Gasteiger partial charge on any atom is -0.488 e. The van der Waals surface area contributed by atoms with Crippen LogP contribution in [0.3, 0.4) is 0 Å². The summed E-state index contributed by atoms with van der Waals surface area (Å²) in [5.74, 6) is -4.54. The maximum Gasteiger partial charge on any atom is 0.309 e. The van der Waals surface area contributed by atoms with E-state index in [2.05, 4.69) is 11.9 Å². The number of esters is 3. The minimum absolute atomic E-state index is 0.00493. The Morgan fingerprint density at radius 2 is 1.39 bits per heavy atom. The number of hydrogen-bond acceptors (Lipinski definition) is 9. The van der Waals surface area contributed by atoms with Crippen LogP contribution in [0.15, 0.2) is 67.3 Å². The molecule has 0 heterocycles. The summed E-state index contributed by atoms with van der Waals surface area (Å²) in [6.45, 7) is 18.1. The van der Waals surface area contributed by atoms with Crippen LogP contribution in [0.5, 0.6) is 5.75 Å². The van der Waals surface area contributed by atoms with Crippen LogP contribution in [0, 0.1) is 17.8 Å². The molecule has 0 fully saturated rings. The third-order valence-electron chi connectivity index (χ3n) is 7.22. The molecule has 0 radical (unpaired) electrons. The Labute approximate surface area is 290 Å². The fourth-order valence-corrected chi connectivity index (χ4v) is 4.86. The molecular formula is C39H53NO9. The van der Waals surface area contributed by atoms with Gasteiger partial charge in [0.2, 0.25) is 5.91 Å². The monoisotopic (exact) mass is 679 g/mol. The maximum atomic E-state index is 13.9. The summed E-state index contributed by atoms with van der Waals surface area (Å²) < 4.78 is 22.0. The molecule has 0 bridgehead atoms. The van der Waals surface area contributed by atoms with Gasteiger partial charge in [0, 0.05) is 6.42 Å². The zero-order valence-electron chi connectivity index (χ0n) is 30.2. The lowest BCUT2D eigenvalue weighted by Gasteiger charge is -2.25. The van der Waals surface area contributed by atoms with Gasteiger partial charge in [0.05, 0.1) is 30.7 Å². The van der Waals surface area contributed by atoms with Gasteiger partial charge in [0.1, 0.15) is 30.2 Å². The van der Waals surface area contributed by atoms with Crippen molar-refractivity contribution in [1.29, 1.82) is 0 Å². The Kier molecular flexibility index (Phi) is 15.7. The van der Waals surface area contributed by atoms with E-state index in [4.69, 9.17) is 18.9 Å². The van der Waals surface area contributed by atoms with Gasteiger partial charge in [0.15, 0.2) is 5.78 Å². The molecule has 10 nitrogen and oxygen atoms in total. The fourth-order valence-electron chi connectivity index (χ4n) is 4.86. The lowest BCUT2D eigenvalue weighted by Crippen LogP contribution is -2.47. The van der Waals surface area contributed by atoms with Crippen molar-refractivity contribution in [2.24, 2.45) is 17.8 Å². The number of ketones is 1. The van der Waals surface area contributed by atoms with Crippen molar-refractivity contribution in [3.63, 3.8) is 0 Å². The summed E-state index contributed by atoms with van der Waals surface area (Å²) in [6, 6.07) is 15.1. The fraction of sp³-hybridized carbons (Fsp3) is 0.513. The van der Waals surface area contributed by atoms with Gasteiger partial charge in [-0.3, -0.25) is 24.0 Å². The molecule has 2 aromatic carbocycles. The molecular weight excluding hydrogens is 626 g/mol. The van der Waals surface area contributed by atoms with E-state index in [9.17, 15) is 24.0 Å². The number of amides is 1. The van der Waals surface area contributed by atoms with Gasteiger partial charge >= 0.3 is 17.9 Å². The highest BCUT2D eigenvalue weighted by Gasteiger charge is 2.34. The SMILES string of the molecule is C=CCOC(=O)[C@@H](CC(=O)[C@H](Cc1ccc(OC(C)(C)C)cc1)NC(=O)[C@@H](CC(=O)OCc1ccccc1)CC(=O)OC(C)(C)C)C(C)C. The van der Waals surface area contributed by atoms with E-state index in [0.29, 0.717) is 5.75 Å². The highest BCUT2D eigenvalue weighted by molar-refractivity contribution is 5.94. The number of rotatable bonds is 18. The smallest absolute Gasteiger partial charge is 0.309 e. The van der Waals surface area contributed by atoms with E-state index in [1.807, 2.05) is 52.8 Å². The van der Waals surface area contributed by atoms with Gasteiger partial charge in [-0.1, -0.05) is 69.0 Å². The van der Waals surface area contributed by atoms with Crippen LogP contribution in [0.4, 0.5) is 0 Å². The molecule has 3 atom stereocenters. The lowest BCUT2D eigenvalue weighted by atomic mass is 9.87. The molecule has 0 aliphatic heterocycles. The van der Waals surface area contributed by atoms with Crippen LogP contribution in [0.2, 0.25) is 0 Å². The first kappa shape index (κ1) is 40.7. The Hall–Kier alpha value is -4.47. The van der Waals surface area contributed by atoms with E-state index in [0.717, 1.165) is 11.1 Å². The van der Waals surface area contributed by atoms with Crippen molar-refractivity contribution >= 4 is 29.6 Å². The summed E-state index contributed by atoms with van der Waals surface area (Å²) in [6.07, 6.45) is 0.513. The molecule has 2 aromatic rings. The zero-order valence-corrected chi connectivity index (χ0v) is 30.2. The molecule has 0 saturated heterocycles. The molecule has 1 amide bonds. The quantitative estimate of drug-likeness (QED) is 0.109. The van der Waals surface area contributed by atoms with Crippen LogP contribution in [0.25, 0.3) is 0 Å². The topological polar surface area (TPSA) is 134 Å². The van der Waals surface area contributed by atoms with E-state index < -0.39 is 71.5 Å². The highest BCUT2D eigenvalue weighted by Crippen LogP contribution is 2.23. The number of nitrogens with one attached hydrogen (secondary N) is 1. The van der Waals surface area contributed by atoms with Crippen LogP contribution in [-0.2, 0) is 51.2 Å². The first-order valence-corrected chi connectivity index (χ1v) is 16.7. The molecule has 0 aromatic heterocycles. The number of ether oxygens (including phenoxy) is 4. The molecule has 0 aliphatic carbocycles. The van der Waals surface area contributed by atoms with Crippen LogP contribution >= 0.6 is 0 Å². The summed E-state index contributed by atoms with van der Waals surface area (Å²) in [7, 11) is 0. The zero-order chi connectivity index (χ0) is 36.8. The maximum absolute atomic E-state index is 13.9. The average molecular weight is 680 g/mol. The second-order valence-electron chi connectivity index (χ2n) is 14.4. The normalized spacial score (nSPS) is 13.4. The summed E-state index contributed by atoms with van der Waals surface area (Å²) >= 11 is 0. The van der Waals surface area contributed by atoms with Crippen molar-refractivity contribution in [3.05, 3.63) is 78.4 Å². The number of Topliss-reactive ketones (excluding diaryl/α,β-unsaturated/α-hetero) is 1. The Morgan fingerprint density at radius 3 is 1.94 bits per heavy atom. The predicted octanol–water partition coefficient (Wildman–Crippen LogP) is 6.33. The Balaban J connectivity index is 2.36. The number of hydrogen-bond donors (Lipinski definition) is 1. The van der Waals surface area contributed by atoms with Crippen molar-refractivity contribution in [2.45, 2.75) is 105 Å². The third-order valence-corrected chi connectivity index (χ3v) is 7.22. The first-order valence-electron chi connectivity index (χ1n) is 16.7. The van der Waals surface area contributed by atoms with Gasteiger partial charge in [0.25, 0.3) is 0 Å². The van der Waals surface area contributed by atoms with E-state index >= 15 is 0 Å². The lowest BCUT2D eigenvalue weighted by molar-refractivity contribution is -0.158. The molecule has 268 valence electrons. The van der Waals surface area contributed by atoms with Gasteiger partial charge in [-0.2, -0.15) is 0 Å². The van der Waals surface area contributed by atoms with Crippen LogP contribution in [-0.4, -0.2) is 53.4 Å². The highest BCUT2D eigenvalue weighted by atomic mass is 16.6. The number of carbonyl (C=O) groups excluding carboxylic acids is 5.